The fraction of sp³-hybridized carbons (Fsp3) is 0.250. The molecule has 2 N–H and O–H groups in total. The number of hydrogen-bond acceptors (Lipinski definition) is 5. The van der Waals surface area contributed by atoms with Gasteiger partial charge in [0.05, 0.1) is 5.69 Å². The highest BCUT2D eigenvalue weighted by atomic mass is 15.2. The van der Waals surface area contributed by atoms with Crippen molar-refractivity contribution in [3.8, 4) is 11.3 Å². The number of benzene rings is 2. The first-order valence-corrected chi connectivity index (χ1v) is 10.4. The molecule has 5 rings (SSSR count). The molecule has 1 aliphatic heterocycles. The number of hydrogen-bond donors (Lipinski definition) is 2. The van der Waals surface area contributed by atoms with Gasteiger partial charge >= 0.3 is 0 Å². The van der Waals surface area contributed by atoms with Crippen molar-refractivity contribution >= 4 is 28.4 Å². The third-order valence-corrected chi connectivity index (χ3v) is 5.81. The molecule has 2 aromatic carbocycles. The Kier molecular flexibility index (Phi) is 4.85. The van der Waals surface area contributed by atoms with Gasteiger partial charge in [0.25, 0.3) is 0 Å². The average molecular weight is 399 g/mol. The summed E-state index contributed by atoms with van der Waals surface area (Å²) in [5.74, 6) is 0.593. The second-order valence-corrected chi connectivity index (χ2v) is 7.91. The second kappa shape index (κ2) is 7.80. The Bertz CT molecular complexity index is 1160. The summed E-state index contributed by atoms with van der Waals surface area (Å²) >= 11 is 0. The third kappa shape index (κ3) is 3.62. The molecule has 1 fully saturated rings. The zero-order chi connectivity index (χ0) is 20.5. The Morgan fingerprint density at radius 3 is 2.43 bits per heavy atom. The lowest BCUT2D eigenvalue weighted by atomic mass is 10.0. The average Bonchev–Trinajstić information content (AvgIpc) is 3.24. The van der Waals surface area contributed by atoms with E-state index < -0.39 is 0 Å². The summed E-state index contributed by atoms with van der Waals surface area (Å²) in [6.07, 6.45) is 1.91. The van der Waals surface area contributed by atoms with Gasteiger partial charge in [-0.05, 0) is 49.9 Å². The maximum absolute atomic E-state index is 4.86. The van der Waals surface area contributed by atoms with Crippen LogP contribution in [0.25, 0.3) is 22.3 Å². The molecule has 6 nitrogen and oxygen atoms in total. The van der Waals surface area contributed by atoms with Crippen molar-refractivity contribution in [1.82, 2.24) is 19.9 Å². The van der Waals surface area contributed by atoms with Crippen molar-refractivity contribution < 1.29 is 0 Å². The van der Waals surface area contributed by atoms with Crippen LogP contribution in [0.4, 0.5) is 17.3 Å². The number of likely N-dealkylation sites (N-methyl/N-ethyl adjacent to an activating group) is 1. The fourth-order valence-corrected chi connectivity index (χ4v) is 3.99. The van der Waals surface area contributed by atoms with E-state index >= 15 is 0 Å². The zero-order valence-corrected chi connectivity index (χ0v) is 17.4. The Labute approximate surface area is 176 Å². The second-order valence-electron chi connectivity index (χ2n) is 7.91. The Balaban J connectivity index is 1.42. The van der Waals surface area contributed by atoms with E-state index in [0.29, 0.717) is 5.95 Å². The number of fused-ring (bicyclic) bond motifs is 1. The van der Waals surface area contributed by atoms with Crippen molar-refractivity contribution in [2.45, 2.75) is 6.92 Å². The van der Waals surface area contributed by atoms with Crippen LogP contribution < -0.4 is 10.2 Å². The van der Waals surface area contributed by atoms with Crippen LogP contribution in [0.3, 0.4) is 0 Å². The summed E-state index contributed by atoms with van der Waals surface area (Å²) in [5, 5.41) is 4.41. The minimum absolute atomic E-state index is 0.593. The van der Waals surface area contributed by atoms with E-state index in [1.54, 1.807) is 0 Å². The predicted molar refractivity (Wildman–Crippen MR) is 123 cm³/mol. The van der Waals surface area contributed by atoms with Crippen LogP contribution in [0.2, 0.25) is 0 Å². The molecule has 0 spiro atoms. The first-order valence-electron chi connectivity index (χ1n) is 10.4. The summed E-state index contributed by atoms with van der Waals surface area (Å²) in [6.45, 7) is 6.45. The van der Waals surface area contributed by atoms with Crippen LogP contribution in [0.15, 0.2) is 60.8 Å². The van der Waals surface area contributed by atoms with Crippen LogP contribution >= 0.6 is 0 Å². The van der Waals surface area contributed by atoms with E-state index in [1.807, 2.05) is 18.3 Å². The van der Waals surface area contributed by atoms with Crippen LogP contribution in [-0.4, -0.2) is 53.1 Å². The van der Waals surface area contributed by atoms with Crippen LogP contribution in [0, 0.1) is 6.92 Å². The highest BCUT2D eigenvalue weighted by Gasteiger charge is 2.15. The summed E-state index contributed by atoms with van der Waals surface area (Å²) in [4.78, 5) is 17.6. The summed E-state index contributed by atoms with van der Waals surface area (Å²) < 4.78 is 0. The highest BCUT2D eigenvalue weighted by molar-refractivity contribution is 5.92. The standard InChI is InChI=1S/C24H26N6/c1-17-5-3-4-6-20(17)22-21-11-12-25-23(21)28-24(27-22)26-18-7-9-19(10-8-18)30-15-13-29(2)14-16-30/h3-12H,13-16H2,1-2H3,(H2,25,26,27,28). The van der Waals surface area contributed by atoms with Gasteiger partial charge in [0.1, 0.15) is 5.65 Å². The van der Waals surface area contributed by atoms with E-state index in [4.69, 9.17) is 4.98 Å². The van der Waals surface area contributed by atoms with Gasteiger partial charge in [-0.2, -0.15) is 4.98 Å². The van der Waals surface area contributed by atoms with Gasteiger partial charge in [-0.15, -0.1) is 0 Å². The third-order valence-electron chi connectivity index (χ3n) is 5.81. The van der Waals surface area contributed by atoms with Gasteiger partial charge in [0.2, 0.25) is 5.95 Å². The molecule has 1 saturated heterocycles. The number of nitrogens with zero attached hydrogens (tertiary/aromatic N) is 4. The van der Waals surface area contributed by atoms with Crippen LogP contribution in [-0.2, 0) is 0 Å². The molecule has 3 heterocycles. The predicted octanol–water partition coefficient (Wildman–Crippen LogP) is 4.43. The van der Waals surface area contributed by atoms with E-state index in [-0.39, 0.29) is 0 Å². The molecule has 152 valence electrons. The first kappa shape index (κ1) is 18.6. The van der Waals surface area contributed by atoms with Gasteiger partial charge in [-0.3, -0.25) is 0 Å². The number of rotatable bonds is 4. The lowest BCUT2D eigenvalue weighted by Crippen LogP contribution is -2.44. The molecule has 0 amide bonds. The molecule has 2 aromatic heterocycles. The number of aromatic nitrogens is 3. The zero-order valence-electron chi connectivity index (χ0n) is 17.4. The molecule has 0 aliphatic carbocycles. The quantitative estimate of drug-likeness (QED) is 0.533. The van der Waals surface area contributed by atoms with Crippen LogP contribution in [0.5, 0.6) is 0 Å². The molecule has 6 heteroatoms. The number of piperazine rings is 1. The van der Waals surface area contributed by atoms with E-state index in [0.717, 1.165) is 54.2 Å². The summed E-state index contributed by atoms with van der Waals surface area (Å²) in [6, 6.07) is 18.9. The van der Waals surface area contributed by atoms with Crippen LogP contribution in [0.1, 0.15) is 5.56 Å². The van der Waals surface area contributed by atoms with Crippen molar-refractivity contribution in [3.63, 3.8) is 0 Å². The van der Waals surface area contributed by atoms with E-state index in [1.165, 1.54) is 11.3 Å². The van der Waals surface area contributed by atoms with Gasteiger partial charge < -0.3 is 20.1 Å². The molecule has 0 saturated carbocycles. The topological polar surface area (TPSA) is 60.1 Å². The minimum Gasteiger partial charge on any atom is -0.369 e. The molecule has 0 unspecified atom stereocenters. The molecule has 4 aromatic rings. The number of anilines is 3. The van der Waals surface area contributed by atoms with Gasteiger partial charge in [-0.25, -0.2) is 4.98 Å². The Morgan fingerprint density at radius 2 is 1.67 bits per heavy atom. The SMILES string of the molecule is Cc1ccccc1-c1nc(Nc2ccc(N3CCN(C)CC3)cc2)nc2[nH]ccc12. The Hall–Kier alpha value is -3.38. The first-order chi connectivity index (χ1) is 14.7. The molecular weight excluding hydrogens is 372 g/mol. The Morgan fingerprint density at radius 1 is 0.900 bits per heavy atom. The number of H-pyrrole nitrogens is 1. The van der Waals surface area contributed by atoms with Gasteiger partial charge in [0, 0.05) is 54.7 Å². The monoisotopic (exact) mass is 398 g/mol. The van der Waals surface area contributed by atoms with Crippen molar-refractivity contribution in [3.05, 3.63) is 66.4 Å². The van der Waals surface area contributed by atoms with E-state index in [2.05, 4.69) is 81.5 Å². The van der Waals surface area contributed by atoms with Crippen molar-refractivity contribution in [1.29, 1.82) is 0 Å². The number of aromatic amines is 1. The van der Waals surface area contributed by atoms with Gasteiger partial charge in [0.15, 0.2) is 0 Å². The highest BCUT2D eigenvalue weighted by Crippen LogP contribution is 2.30. The van der Waals surface area contributed by atoms with Gasteiger partial charge in [-0.1, -0.05) is 24.3 Å². The fourth-order valence-electron chi connectivity index (χ4n) is 3.99. The molecule has 30 heavy (non-hydrogen) atoms. The lowest BCUT2D eigenvalue weighted by Gasteiger charge is -2.34. The molecule has 0 radical (unpaired) electrons. The molecule has 1 aliphatic rings. The maximum atomic E-state index is 4.86. The molecule has 0 bridgehead atoms. The lowest BCUT2D eigenvalue weighted by molar-refractivity contribution is 0.313. The maximum Gasteiger partial charge on any atom is 0.229 e. The number of aryl methyl sites for hydroxylation is 1. The minimum atomic E-state index is 0.593. The van der Waals surface area contributed by atoms with Crippen molar-refractivity contribution in [2.24, 2.45) is 0 Å². The molecular formula is C24H26N6. The van der Waals surface area contributed by atoms with Crippen molar-refractivity contribution in [2.75, 3.05) is 43.4 Å². The normalized spacial score (nSPS) is 14.9. The summed E-state index contributed by atoms with van der Waals surface area (Å²) in [5.41, 5.74) is 6.33. The largest absolute Gasteiger partial charge is 0.369 e. The van der Waals surface area contributed by atoms with E-state index in [9.17, 15) is 0 Å². The summed E-state index contributed by atoms with van der Waals surface area (Å²) in [7, 11) is 2.18. The smallest absolute Gasteiger partial charge is 0.229 e. The molecule has 0 atom stereocenters. The number of nitrogens with one attached hydrogen (secondary N) is 2.